The molecule has 0 radical (unpaired) electrons. The lowest BCUT2D eigenvalue weighted by atomic mass is 9.70. The lowest BCUT2D eigenvalue weighted by Crippen LogP contribution is -2.74. The van der Waals surface area contributed by atoms with Crippen molar-refractivity contribution in [3.05, 3.63) is 0 Å². The van der Waals surface area contributed by atoms with Crippen molar-refractivity contribution in [3.8, 4) is 0 Å². The van der Waals surface area contributed by atoms with Crippen LogP contribution in [-0.4, -0.2) is 28.6 Å². The van der Waals surface area contributed by atoms with Crippen LogP contribution < -0.4 is 10.6 Å². The first-order chi connectivity index (χ1) is 6.77. The van der Waals surface area contributed by atoms with Crippen LogP contribution in [0.4, 0.5) is 18.0 Å². The quantitative estimate of drug-likeness (QED) is 0.571. The zero-order valence-corrected chi connectivity index (χ0v) is 7.82. The van der Waals surface area contributed by atoms with Crippen molar-refractivity contribution >= 4 is 6.03 Å². The zero-order valence-electron chi connectivity index (χ0n) is 7.82. The van der Waals surface area contributed by atoms with Gasteiger partial charge in [0.15, 0.2) is 0 Å². The number of hydrogen-bond donors (Lipinski definition) is 3. The number of halogens is 3. The molecule has 1 atom stereocenters. The van der Waals surface area contributed by atoms with Crippen LogP contribution in [0.15, 0.2) is 0 Å². The van der Waals surface area contributed by atoms with Crippen LogP contribution in [-0.2, 0) is 0 Å². The molecule has 1 saturated carbocycles. The average molecular weight is 224 g/mol. The third-order valence-electron chi connectivity index (χ3n) is 3.07. The Labute approximate surface area is 83.8 Å². The van der Waals surface area contributed by atoms with Crippen LogP contribution in [0.25, 0.3) is 0 Å². The number of aliphatic hydroxyl groups is 1. The van der Waals surface area contributed by atoms with E-state index in [0.29, 0.717) is 12.8 Å². The van der Waals surface area contributed by atoms with Crippen molar-refractivity contribution in [2.75, 3.05) is 0 Å². The highest BCUT2D eigenvalue weighted by atomic mass is 19.4. The van der Waals surface area contributed by atoms with Gasteiger partial charge in [-0.25, -0.2) is 4.79 Å². The van der Waals surface area contributed by atoms with E-state index in [1.54, 1.807) is 0 Å². The Balaban J connectivity index is 2.23. The molecule has 1 aliphatic heterocycles. The minimum atomic E-state index is -4.84. The topological polar surface area (TPSA) is 61.4 Å². The summed E-state index contributed by atoms with van der Waals surface area (Å²) in [6.07, 6.45) is -3.62. The van der Waals surface area contributed by atoms with Crippen LogP contribution >= 0.6 is 0 Å². The van der Waals surface area contributed by atoms with Crippen LogP contribution in [0.2, 0.25) is 0 Å². The monoisotopic (exact) mass is 224 g/mol. The van der Waals surface area contributed by atoms with Gasteiger partial charge in [0.05, 0.1) is 0 Å². The summed E-state index contributed by atoms with van der Waals surface area (Å²) in [7, 11) is 0. The first-order valence-electron chi connectivity index (χ1n) is 4.66. The molecule has 0 aromatic heterocycles. The second kappa shape index (κ2) is 2.78. The summed E-state index contributed by atoms with van der Waals surface area (Å²) in [4.78, 5) is 11.1. The second-order valence-corrected chi connectivity index (χ2v) is 4.25. The molecule has 86 valence electrons. The number of rotatable bonds is 0. The van der Waals surface area contributed by atoms with Crippen LogP contribution in [0, 0.1) is 0 Å². The molecule has 0 aromatic carbocycles. The first-order valence-corrected chi connectivity index (χ1v) is 4.66. The summed E-state index contributed by atoms with van der Waals surface area (Å²) in [5.41, 5.74) is -3.96. The van der Waals surface area contributed by atoms with Gasteiger partial charge < -0.3 is 15.7 Å². The Kier molecular flexibility index (Phi) is 1.95. The van der Waals surface area contributed by atoms with E-state index in [1.807, 2.05) is 0 Å². The van der Waals surface area contributed by atoms with Crippen molar-refractivity contribution < 1.29 is 23.1 Å². The number of carbonyl (C=O) groups excluding carboxylic acids is 1. The highest BCUT2D eigenvalue weighted by molar-refractivity contribution is 5.77. The molecule has 2 rings (SSSR count). The van der Waals surface area contributed by atoms with Gasteiger partial charge in [0.1, 0.15) is 0 Å². The minimum Gasteiger partial charge on any atom is -0.363 e. The van der Waals surface area contributed by atoms with E-state index in [0.717, 1.165) is 6.42 Å². The SMILES string of the molecule is O=C1NC2(CCC2)CC(O)(C(F)(F)F)N1. The molecular weight excluding hydrogens is 213 g/mol. The summed E-state index contributed by atoms with van der Waals surface area (Å²) in [6.45, 7) is 0. The van der Waals surface area contributed by atoms with Gasteiger partial charge in [-0.1, -0.05) is 0 Å². The summed E-state index contributed by atoms with van der Waals surface area (Å²) in [6, 6.07) is -0.958. The van der Waals surface area contributed by atoms with E-state index in [9.17, 15) is 23.1 Å². The summed E-state index contributed by atoms with van der Waals surface area (Å²) in [5.74, 6) is 0. The zero-order chi connectivity index (χ0) is 11.3. The average Bonchev–Trinajstić information content (AvgIpc) is 1.97. The number of urea groups is 1. The number of carbonyl (C=O) groups is 1. The van der Waals surface area contributed by atoms with Crippen molar-refractivity contribution in [1.29, 1.82) is 0 Å². The third-order valence-corrected chi connectivity index (χ3v) is 3.07. The first kappa shape index (κ1) is 10.5. The van der Waals surface area contributed by atoms with Gasteiger partial charge in [-0.15, -0.1) is 0 Å². The molecular formula is C8H11F3N2O2. The van der Waals surface area contributed by atoms with Crippen molar-refractivity contribution in [3.63, 3.8) is 0 Å². The van der Waals surface area contributed by atoms with Gasteiger partial charge in [-0.3, -0.25) is 0 Å². The van der Waals surface area contributed by atoms with Crippen LogP contribution in [0.1, 0.15) is 25.7 Å². The molecule has 7 heteroatoms. The molecule has 2 fully saturated rings. The molecule has 0 aromatic rings. The van der Waals surface area contributed by atoms with E-state index < -0.39 is 29.9 Å². The highest BCUT2D eigenvalue weighted by Gasteiger charge is 2.62. The maximum absolute atomic E-state index is 12.5. The molecule has 1 unspecified atom stereocenters. The summed E-state index contributed by atoms with van der Waals surface area (Å²) < 4.78 is 37.5. The lowest BCUT2D eigenvalue weighted by molar-refractivity contribution is -0.282. The van der Waals surface area contributed by atoms with Crippen LogP contribution in [0.5, 0.6) is 0 Å². The number of amides is 2. The number of alkyl halides is 3. The van der Waals surface area contributed by atoms with Gasteiger partial charge in [-0.2, -0.15) is 13.2 Å². The molecule has 1 saturated heterocycles. The Hall–Kier alpha value is -0.980. The van der Waals surface area contributed by atoms with Gasteiger partial charge in [0, 0.05) is 12.0 Å². The smallest absolute Gasteiger partial charge is 0.363 e. The predicted octanol–water partition coefficient (Wildman–Crippen LogP) is 0.863. The molecule has 1 aliphatic carbocycles. The Bertz CT molecular complexity index is 301. The van der Waals surface area contributed by atoms with Crippen molar-refractivity contribution in [2.24, 2.45) is 0 Å². The molecule has 1 spiro atoms. The lowest BCUT2D eigenvalue weighted by Gasteiger charge is -2.51. The predicted molar refractivity (Wildman–Crippen MR) is 43.9 cm³/mol. The van der Waals surface area contributed by atoms with E-state index in [-0.39, 0.29) is 0 Å². The van der Waals surface area contributed by atoms with E-state index in [1.165, 1.54) is 5.32 Å². The standard InChI is InChI=1S/C8H11F3N2O2/c9-8(10,11)7(15)4-6(2-1-3-6)12-5(14)13-7/h15H,1-4H2,(H2,12,13,14). The Morgan fingerprint density at radius 3 is 2.27 bits per heavy atom. The molecule has 3 N–H and O–H groups in total. The Morgan fingerprint density at radius 1 is 1.27 bits per heavy atom. The van der Waals surface area contributed by atoms with Gasteiger partial charge in [-0.05, 0) is 19.3 Å². The minimum absolute atomic E-state index is 0.485. The van der Waals surface area contributed by atoms with E-state index in [4.69, 9.17) is 0 Å². The van der Waals surface area contributed by atoms with E-state index in [2.05, 4.69) is 5.32 Å². The third kappa shape index (κ3) is 1.54. The summed E-state index contributed by atoms with van der Waals surface area (Å²) in [5, 5.41) is 13.4. The largest absolute Gasteiger partial charge is 0.436 e. The maximum Gasteiger partial charge on any atom is 0.436 e. The van der Waals surface area contributed by atoms with Gasteiger partial charge in [0.2, 0.25) is 5.72 Å². The normalized spacial score (nSPS) is 34.3. The number of nitrogens with one attached hydrogen (secondary N) is 2. The fraction of sp³-hybridized carbons (Fsp3) is 0.875. The molecule has 2 aliphatic rings. The van der Waals surface area contributed by atoms with Gasteiger partial charge in [0.25, 0.3) is 0 Å². The highest BCUT2D eigenvalue weighted by Crippen LogP contribution is 2.44. The fourth-order valence-corrected chi connectivity index (χ4v) is 2.11. The maximum atomic E-state index is 12.5. The fourth-order valence-electron chi connectivity index (χ4n) is 2.11. The molecule has 1 heterocycles. The summed E-state index contributed by atoms with van der Waals surface area (Å²) >= 11 is 0. The van der Waals surface area contributed by atoms with E-state index >= 15 is 0 Å². The molecule has 15 heavy (non-hydrogen) atoms. The molecule has 4 nitrogen and oxygen atoms in total. The molecule has 2 amide bonds. The van der Waals surface area contributed by atoms with Crippen molar-refractivity contribution in [1.82, 2.24) is 10.6 Å². The molecule has 0 bridgehead atoms. The Morgan fingerprint density at radius 2 is 1.87 bits per heavy atom. The van der Waals surface area contributed by atoms with Gasteiger partial charge >= 0.3 is 12.2 Å². The van der Waals surface area contributed by atoms with Crippen molar-refractivity contribution in [2.45, 2.75) is 43.1 Å². The van der Waals surface area contributed by atoms with Crippen LogP contribution in [0.3, 0.4) is 0 Å². The second-order valence-electron chi connectivity index (χ2n) is 4.25. The number of hydrogen-bond acceptors (Lipinski definition) is 2.